The molecule has 2 rings (SSSR count). The highest BCUT2D eigenvalue weighted by Gasteiger charge is 2.33. The summed E-state index contributed by atoms with van der Waals surface area (Å²) in [5.74, 6) is 0.0338. The number of nitrogens with two attached hydrogens (primary N) is 1. The van der Waals surface area contributed by atoms with Gasteiger partial charge in [0.15, 0.2) is 0 Å². The van der Waals surface area contributed by atoms with Gasteiger partial charge in [0.25, 0.3) is 0 Å². The van der Waals surface area contributed by atoms with Gasteiger partial charge in [0.1, 0.15) is 6.04 Å². The lowest BCUT2D eigenvalue weighted by molar-refractivity contribution is -0.123. The number of para-hydroxylation sites is 1. The highest BCUT2D eigenvalue weighted by Crippen LogP contribution is 2.29. The molecule has 2 atom stereocenters. The maximum Gasteiger partial charge on any atom is 0.244 e. The molecular weight excluding hydrogens is 238 g/mol. The van der Waals surface area contributed by atoms with E-state index in [0.29, 0.717) is 6.54 Å². The topological polar surface area (TPSA) is 58.4 Å². The molecule has 0 radical (unpaired) electrons. The van der Waals surface area contributed by atoms with E-state index < -0.39 is 0 Å². The van der Waals surface area contributed by atoms with E-state index in [1.807, 2.05) is 6.92 Å². The molecule has 1 aliphatic rings. The van der Waals surface area contributed by atoms with Crippen molar-refractivity contribution in [1.29, 1.82) is 0 Å². The highest BCUT2D eigenvalue weighted by atomic mass is 16.2. The third-order valence-corrected chi connectivity index (χ3v) is 3.75. The van der Waals surface area contributed by atoms with Crippen molar-refractivity contribution in [3.8, 4) is 0 Å². The zero-order chi connectivity index (χ0) is 14.0. The van der Waals surface area contributed by atoms with Crippen molar-refractivity contribution in [3.63, 3.8) is 0 Å². The van der Waals surface area contributed by atoms with Gasteiger partial charge in [-0.25, -0.2) is 0 Å². The van der Waals surface area contributed by atoms with Crippen LogP contribution in [0.2, 0.25) is 0 Å². The Labute approximate surface area is 115 Å². The van der Waals surface area contributed by atoms with Crippen LogP contribution >= 0.6 is 0 Å². The zero-order valence-corrected chi connectivity index (χ0v) is 11.9. The van der Waals surface area contributed by atoms with Crippen molar-refractivity contribution in [2.24, 2.45) is 5.73 Å². The van der Waals surface area contributed by atoms with Crippen LogP contribution in [-0.4, -0.2) is 31.1 Å². The van der Waals surface area contributed by atoms with Crippen LogP contribution in [0.1, 0.15) is 25.0 Å². The molecule has 0 aliphatic carbocycles. The number of aryl methyl sites for hydroxylation is 2. The largest absolute Gasteiger partial charge is 0.356 e. The molecule has 1 aromatic carbocycles. The minimum absolute atomic E-state index is 0.0338. The quantitative estimate of drug-likeness (QED) is 0.860. The van der Waals surface area contributed by atoms with Crippen LogP contribution in [0.3, 0.4) is 0 Å². The minimum Gasteiger partial charge on any atom is -0.356 e. The van der Waals surface area contributed by atoms with Crippen LogP contribution in [0.25, 0.3) is 0 Å². The first-order chi connectivity index (χ1) is 9.08. The monoisotopic (exact) mass is 261 g/mol. The maximum absolute atomic E-state index is 12.1. The van der Waals surface area contributed by atoms with E-state index in [2.05, 4.69) is 42.3 Å². The first kappa shape index (κ1) is 13.9. The van der Waals surface area contributed by atoms with Crippen LogP contribution in [0, 0.1) is 6.92 Å². The van der Waals surface area contributed by atoms with E-state index in [-0.39, 0.29) is 18.0 Å². The summed E-state index contributed by atoms with van der Waals surface area (Å²) in [6.45, 7) is 7.42. The van der Waals surface area contributed by atoms with Crippen molar-refractivity contribution in [2.45, 2.75) is 39.3 Å². The summed E-state index contributed by atoms with van der Waals surface area (Å²) in [4.78, 5) is 14.3. The predicted molar refractivity (Wildman–Crippen MR) is 78.4 cm³/mol. The van der Waals surface area contributed by atoms with E-state index in [1.165, 1.54) is 16.8 Å². The second-order valence-corrected chi connectivity index (χ2v) is 5.25. The highest BCUT2D eigenvalue weighted by molar-refractivity contribution is 5.88. The second kappa shape index (κ2) is 5.61. The lowest BCUT2D eigenvalue weighted by Crippen LogP contribution is -2.62. The average molecular weight is 261 g/mol. The van der Waals surface area contributed by atoms with E-state index in [4.69, 9.17) is 5.73 Å². The number of piperazine rings is 1. The van der Waals surface area contributed by atoms with Crippen LogP contribution in [0.4, 0.5) is 5.69 Å². The number of nitrogens with one attached hydrogen (secondary N) is 1. The lowest BCUT2D eigenvalue weighted by Gasteiger charge is -2.41. The molecule has 4 nitrogen and oxygen atoms in total. The van der Waals surface area contributed by atoms with Gasteiger partial charge in [-0.3, -0.25) is 4.79 Å². The van der Waals surface area contributed by atoms with Crippen LogP contribution < -0.4 is 16.0 Å². The molecule has 1 aliphatic heterocycles. The van der Waals surface area contributed by atoms with Gasteiger partial charge in [-0.2, -0.15) is 0 Å². The van der Waals surface area contributed by atoms with Crippen molar-refractivity contribution < 1.29 is 4.79 Å². The maximum atomic E-state index is 12.1. The van der Waals surface area contributed by atoms with Gasteiger partial charge in [-0.15, -0.1) is 0 Å². The van der Waals surface area contributed by atoms with E-state index in [0.717, 1.165) is 13.0 Å². The Bertz CT molecular complexity index is 472. The van der Waals surface area contributed by atoms with Crippen molar-refractivity contribution in [1.82, 2.24) is 5.32 Å². The summed E-state index contributed by atoms with van der Waals surface area (Å²) in [5, 5.41) is 2.98. The molecule has 1 saturated heterocycles. The summed E-state index contributed by atoms with van der Waals surface area (Å²) in [6, 6.07) is 6.19. The number of rotatable bonds is 3. The molecule has 1 aromatic rings. The molecule has 3 N–H and O–H groups in total. The van der Waals surface area contributed by atoms with E-state index in [9.17, 15) is 4.79 Å². The fourth-order valence-electron chi connectivity index (χ4n) is 2.85. The van der Waals surface area contributed by atoms with Crippen molar-refractivity contribution >= 4 is 11.6 Å². The van der Waals surface area contributed by atoms with Gasteiger partial charge in [-0.05, 0) is 31.4 Å². The number of hydrogen-bond acceptors (Lipinski definition) is 3. The summed E-state index contributed by atoms with van der Waals surface area (Å²) < 4.78 is 0. The fourth-order valence-corrected chi connectivity index (χ4v) is 2.85. The number of hydrogen-bond donors (Lipinski definition) is 2. The minimum atomic E-state index is -0.261. The standard InChI is InChI=1S/C15H23N3O/c1-4-12-7-5-6-10(2)14(12)18-9-11(3)17-15(19)13(18)8-16/h5-7,11,13H,4,8-9,16H2,1-3H3,(H,17,19). The fraction of sp³-hybridized carbons (Fsp3) is 0.533. The molecule has 1 fully saturated rings. The zero-order valence-electron chi connectivity index (χ0n) is 11.9. The molecule has 0 bridgehead atoms. The summed E-state index contributed by atoms with van der Waals surface area (Å²) in [6.07, 6.45) is 0.959. The molecule has 4 heteroatoms. The number of carbonyl (C=O) groups excluding carboxylic acids is 1. The molecule has 1 amide bonds. The molecule has 104 valence electrons. The third kappa shape index (κ3) is 2.59. The smallest absolute Gasteiger partial charge is 0.244 e. The number of anilines is 1. The normalized spacial score (nSPS) is 23.4. The van der Waals surface area contributed by atoms with E-state index >= 15 is 0 Å². The van der Waals surface area contributed by atoms with Gasteiger partial charge in [0, 0.05) is 24.8 Å². The Morgan fingerprint density at radius 2 is 2.21 bits per heavy atom. The van der Waals surface area contributed by atoms with Gasteiger partial charge >= 0.3 is 0 Å². The van der Waals surface area contributed by atoms with E-state index in [1.54, 1.807) is 0 Å². The van der Waals surface area contributed by atoms with Crippen LogP contribution in [0.5, 0.6) is 0 Å². The molecular formula is C15H23N3O. The summed E-state index contributed by atoms with van der Waals surface area (Å²) in [5.41, 5.74) is 9.47. The Hall–Kier alpha value is -1.55. The number of benzene rings is 1. The second-order valence-electron chi connectivity index (χ2n) is 5.25. The predicted octanol–water partition coefficient (Wildman–Crippen LogP) is 1.21. The van der Waals surface area contributed by atoms with Crippen molar-refractivity contribution in [3.05, 3.63) is 29.3 Å². The van der Waals surface area contributed by atoms with Gasteiger partial charge in [0.05, 0.1) is 0 Å². The lowest BCUT2D eigenvalue weighted by atomic mass is 10.00. The van der Waals surface area contributed by atoms with Crippen LogP contribution in [0.15, 0.2) is 18.2 Å². The molecule has 1 heterocycles. The third-order valence-electron chi connectivity index (χ3n) is 3.75. The molecule has 0 spiro atoms. The van der Waals surface area contributed by atoms with Gasteiger partial charge in [0.2, 0.25) is 5.91 Å². The Morgan fingerprint density at radius 3 is 2.84 bits per heavy atom. The van der Waals surface area contributed by atoms with Gasteiger partial charge < -0.3 is 16.0 Å². The summed E-state index contributed by atoms with van der Waals surface area (Å²) >= 11 is 0. The molecule has 19 heavy (non-hydrogen) atoms. The first-order valence-corrected chi connectivity index (χ1v) is 6.94. The Morgan fingerprint density at radius 1 is 1.47 bits per heavy atom. The Kier molecular flexibility index (Phi) is 4.10. The number of carbonyl (C=O) groups is 1. The van der Waals surface area contributed by atoms with Gasteiger partial charge in [-0.1, -0.05) is 25.1 Å². The number of amides is 1. The summed E-state index contributed by atoms with van der Waals surface area (Å²) in [7, 11) is 0. The SMILES string of the molecule is CCc1cccc(C)c1N1CC(C)NC(=O)C1CN. The molecule has 0 aromatic heterocycles. The molecule has 0 saturated carbocycles. The van der Waals surface area contributed by atoms with Crippen molar-refractivity contribution in [2.75, 3.05) is 18.0 Å². The van der Waals surface area contributed by atoms with Crippen LogP contribution in [-0.2, 0) is 11.2 Å². The number of nitrogens with zero attached hydrogens (tertiary/aromatic N) is 1. The first-order valence-electron chi connectivity index (χ1n) is 6.94. The average Bonchev–Trinajstić information content (AvgIpc) is 2.37. The Balaban J connectivity index is 2.45. The molecule has 2 unspecified atom stereocenters.